The van der Waals surface area contributed by atoms with Crippen molar-refractivity contribution >= 4 is 44.7 Å². The lowest BCUT2D eigenvalue weighted by Gasteiger charge is -2.11. The number of aryl methyl sites for hydroxylation is 1. The topological polar surface area (TPSA) is 35.5 Å². The van der Waals surface area contributed by atoms with Crippen LogP contribution in [-0.2, 0) is 0 Å². The lowest BCUT2D eigenvalue weighted by Crippen LogP contribution is -2.04. The Morgan fingerprint density at radius 2 is 2.00 bits per heavy atom. The predicted octanol–water partition coefficient (Wildman–Crippen LogP) is 4.72. The third kappa shape index (κ3) is 2.71. The van der Waals surface area contributed by atoms with Gasteiger partial charge in [0.1, 0.15) is 11.5 Å². The van der Waals surface area contributed by atoms with E-state index in [0.29, 0.717) is 31.4 Å². The fourth-order valence-corrected chi connectivity index (χ4v) is 3.58. The first-order valence-electron chi connectivity index (χ1n) is 5.69. The Hall–Kier alpha value is -1.04. The SMILES string of the molecule is COc1cc(Br)c(C(=O)c2scc(C)c2Cl)c(OC)c1. The molecule has 0 amide bonds. The fraction of sp³-hybridized carbons (Fsp3) is 0.214. The Morgan fingerprint density at radius 1 is 1.30 bits per heavy atom. The van der Waals surface area contributed by atoms with Crippen molar-refractivity contribution in [2.75, 3.05) is 14.2 Å². The summed E-state index contributed by atoms with van der Waals surface area (Å²) in [5.74, 6) is 0.890. The molecule has 1 aromatic heterocycles. The molecule has 2 aromatic rings. The highest BCUT2D eigenvalue weighted by Crippen LogP contribution is 2.37. The van der Waals surface area contributed by atoms with Crippen molar-refractivity contribution in [1.29, 1.82) is 0 Å². The predicted molar refractivity (Wildman–Crippen MR) is 84.7 cm³/mol. The summed E-state index contributed by atoms with van der Waals surface area (Å²) in [6.07, 6.45) is 0. The van der Waals surface area contributed by atoms with Gasteiger partial charge in [0, 0.05) is 10.5 Å². The molecule has 0 saturated carbocycles. The second kappa shape index (κ2) is 6.16. The number of halogens is 2. The van der Waals surface area contributed by atoms with Gasteiger partial charge in [-0.3, -0.25) is 4.79 Å². The fourth-order valence-electron chi connectivity index (χ4n) is 1.75. The number of ketones is 1. The molecule has 0 N–H and O–H groups in total. The van der Waals surface area contributed by atoms with Gasteiger partial charge in [0.15, 0.2) is 0 Å². The van der Waals surface area contributed by atoms with Crippen LogP contribution in [0, 0.1) is 6.92 Å². The monoisotopic (exact) mass is 374 g/mol. The highest BCUT2D eigenvalue weighted by atomic mass is 79.9. The van der Waals surface area contributed by atoms with E-state index in [4.69, 9.17) is 21.1 Å². The van der Waals surface area contributed by atoms with Gasteiger partial charge >= 0.3 is 0 Å². The largest absolute Gasteiger partial charge is 0.497 e. The number of methoxy groups -OCH3 is 2. The molecule has 2 rings (SSSR count). The number of benzene rings is 1. The van der Waals surface area contributed by atoms with E-state index in [1.54, 1.807) is 19.2 Å². The second-order valence-corrected chi connectivity index (χ2v) is 6.19. The lowest BCUT2D eigenvalue weighted by atomic mass is 10.1. The number of thiophene rings is 1. The van der Waals surface area contributed by atoms with E-state index in [-0.39, 0.29) is 5.78 Å². The molecular formula is C14H12BrClO3S. The number of hydrogen-bond donors (Lipinski definition) is 0. The van der Waals surface area contributed by atoms with E-state index >= 15 is 0 Å². The summed E-state index contributed by atoms with van der Waals surface area (Å²) in [6.45, 7) is 1.87. The molecule has 0 fully saturated rings. The molecule has 0 radical (unpaired) electrons. The minimum Gasteiger partial charge on any atom is -0.497 e. The van der Waals surface area contributed by atoms with Crippen LogP contribution < -0.4 is 9.47 Å². The second-order valence-electron chi connectivity index (χ2n) is 4.08. The van der Waals surface area contributed by atoms with Crippen molar-refractivity contribution in [3.8, 4) is 11.5 Å². The molecule has 0 aliphatic carbocycles. The summed E-state index contributed by atoms with van der Waals surface area (Å²) >= 11 is 10.9. The maximum Gasteiger partial charge on any atom is 0.209 e. The highest BCUT2D eigenvalue weighted by Gasteiger charge is 2.23. The van der Waals surface area contributed by atoms with Gasteiger partial charge in [-0.2, -0.15) is 0 Å². The molecule has 6 heteroatoms. The van der Waals surface area contributed by atoms with Crippen molar-refractivity contribution < 1.29 is 14.3 Å². The van der Waals surface area contributed by atoms with Crippen LogP contribution >= 0.6 is 38.9 Å². The van der Waals surface area contributed by atoms with E-state index in [9.17, 15) is 4.79 Å². The summed E-state index contributed by atoms with van der Waals surface area (Å²) < 4.78 is 11.1. The third-order valence-electron chi connectivity index (χ3n) is 2.82. The average Bonchev–Trinajstić information content (AvgIpc) is 2.77. The first-order chi connectivity index (χ1) is 9.49. The zero-order valence-electron chi connectivity index (χ0n) is 11.1. The molecule has 106 valence electrons. The maximum atomic E-state index is 12.7. The van der Waals surface area contributed by atoms with Crippen LogP contribution in [0.5, 0.6) is 11.5 Å². The van der Waals surface area contributed by atoms with Crippen LogP contribution in [0.25, 0.3) is 0 Å². The van der Waals surface area contributed by atoms with Crippen molar-refractivity contribution in [3.05, 3.63) is 43.0 Å². The van der Waals surface area contributed by atoms with Gasteiger partial charge in [0.25, 0.3) is 0 Å². The lowest BCUT2D eigenvalue weighted by molar-refractivity contribution is 0.103. The summed E-state index contributed by atoms with van der Waals surface area (Å²) in [6, 6.07) is 3.40. The first kappa shape index (κ1) is 15.4. The van der Waals surface area contributed by atoms with E-state index in [1.165, 1.54) is 18.4 Å². The summed E-state index contributed by atoms with van der Waals surface area (Å²) in [4.78, 5) is 13.2. The van der Waals surface area contributed by atoms with E-state index in [0.717, 1.165) is 5.56 Å². The summed E-state index contributed by atoms with van der Waals surface area (Å²) in [7, 11) is 3.07. The van der Waals surface area contributed by atoms with Gasteiger partial charge in [0.05, 0.1) is 29.7 Å². The van der Waals surface area contributed by atoms with Crippen LogP contribution in [0.4, 0.5) is 0 Å². The Bertz CT molecular complexity index is 667. The molecule has 0 spiro atoms. The molecular weight excluding hydrogens is 364 g/mol. The van der Waals surface area contributed by atoms with E-state index in [1.807, 2.05) is 12.3 Å². The zero-order chi connectivity index (χ0) is 14.9. The molecule has 0 bridgehead atoms. The molecule has 0 unspecified atom stereocenters. The van der Waals surface area contributed by atoms with Crippen LogP contribution in [0.1, 0.15) is 20.8 Å². The Balaban J connectivity index is 2.57. The van der Waals surface area contributed by atoms with E-state index < -0.39 is 0 Å². The Morgan fingerprint density at radius 3 is 2.50 bits per heavy atom. The van der Waals surface area contributed by atoms with Crippen LogP contribution in [-0.4, -0.2) is 20.0 Å². The highest BCUT2D eigenvalue weighted by molar-refractivity contribution is 9.10. The molecule has 3 nitrogen and oxygen atoms in total. The molecule has 1 aromatic carbocycles. The van der Waals surface area contributed by atoms with Crippen LogP contribution in [0.2, 0.25) is 5.02 Å². The van der Waals surface area contributed by atoms with Gasteiger partial charge in [-0.1, -0.05) is 11.6 Å². The number of ether oxygens (including phenoxy) is 2. The smallest absolute Gasteiger partial charge is 0.209 e. The standard InChI is InChI=1S/C14H12BrClO3S/c1-7-6-20-14(12(7)16)13(17)11-9(15)4-8(18-2)5-10(11)19-3/h4-6H,1-3H3. The van der Waals surface area contributed by atoms with Gasteiger partial charge in [-0.05, 0) is 39.9 Å². The van der Waals surface area contributed by atoms with Crippen LogP contribution in [0.3, 0.4) is 0 Å². The van der Waals surface area contributed by atoms with Crippen molar-refractivity contribution in [1.82, 2.24) is 0 Å². The van der Waals surface area contributed by atoms with Gasteiger partial charge in [-0.25, -0.2) is 0 Å². The zero-order valence-corrected chi connectivity index (χ0v) is 14.3. The quantitative estimate of drug-likeness (QED) is 0.725. The van der Waals surface area contributed by atoms with Crippen LogP contribution in [0.15, 0.2) is 22.0 Å². The summed E-state index contributed by atoms with van der Waals surface area (Å²) in [5.41, 5.74) is 1.33. The third-order valence-corrected chi connectivity index (χ3v) is 5.14. The van der Waals surface area contributed by atoms with Gasteiger partial charge in [0.2, 0.25) is 5.78 Å². The molecule has 1 heterocycles. The minimum absolute atomic E-state index is 0.167. The molecule has 0 aliphatic rings. The maximum absolute atomic E-state index is 12.7. The summed E-state index contributed by atoms with van der Waals surface area (Å²) in [5, 5.41) is 2.35. The van der Waals surface area contributed by atoms with Gasteiger partial charge < -0.3 is 9.47 Å². The number of hydrogen-bond acceptors (Lipinski definition) is 4. The van der Waals surface area contributed by atoms with Crippen molar-refractivity contribution in [2.24, 2.45) is 0 Å². The van der Waals surface area contributed by atoms with Gasteiger partial charge in [-0.15, -0.1) is 11.3 Å². The van der Waals surface area contributed by atoms with Crippen molar-refractivity contribution in [3.63, 3.8) is 0 Å². The number of rotatable bonds is 4. The molecule has 0 aliphatic heterocycles. The molecule has 0 saturated heterocycles. The Labute approximate surface area is 134 Å². The number of carbonyl (C=O) groups excluding carboxylic acids is 1. The Kier molecular flexibility index (Phi) is 4.73. The minimum atomic E-state index is -0.167. The van der Waals surface area contributed by atoms with Crippen molar-refractivity contribution in [2.45, 2.75) is 6.92 Å². The average molecular weight is 376 g/mol. The van der Waals surface area contributed by atoms with E-state index in [2.05, 4.69) is 15.9 Å². The normalized spacial score (nSPS) is 10.4. The molecule has 20 heavy (non-hydrogen) atoms. The molecule has 0 atom stereocenters. The number of carbonyl (C=O) groups is 1. The first-order valence-corrected chi connectivity index (χ1v) is 7.74.